The van der Waals surface area contributed by atoms with Crippen LogP contribution in [0.2, 0.25) is 0 Å². The zero-order chi connectivity index (χ0) is 11.7. The molecule has 0 saturated heterocycles. The Bertz CT molecular complexity index is 622. The lowest BCUT2D eigenvalue weighted by molar-refractivity contribution is 1.18. The molecule has 0 fully saturated rings. The van der Waals surface area contributed by atoms with E-state index in [1.54, 1.807) is 12.4 Å². The van der Waals surface area contributed by atoms with Crippen molar-refractivity contribution < 1.29 is 0 Å². The van der Waals surface area contributed by atoms with Crippen LogP contribution in [0, 0.1) is 3.57 Å². The minimum absolute atomic E-state index is 0.784. The van der Waals surface area contributed by atoms with Gasteiger partial charge in [0.15, 0.2) is 5.82 Å². The van der Waals surface area contributed by atoms with Gasteiger partial charge in [-0.2, -0.15) is 0 Å². The molecule has 1 aromatic heterocycles. The van der Waals surface area contributed by atoms with Crippen LogP contribution in [0.1, 0.15) is 0 Å². The monoisotopic (exact) mass is 332 g/mol. The van der Waals surface area contributed by atoms with Gasteiger partial charge in [0.25, 0.3) is 0 Å². The van der Waals surface area contributed by atoms with E-state index in [0.717, 1.165) is 11.4 Å². The van der Waals surface area contributed by atoms with Crippen molar-refractivity contribution in [1.29, 1.82) is 0 Å². The van der Waals surface area contributed by atoms with Crippen molar-refractivity contribution in [1.82, 2.24) is 9.97 Å². The molecule has 1 aromatic rings. The number of rotatable bonds is 1. The van der Waals surface area contributed by atoms with E-state index in [0.29, 0.717) is 0 Å². The van der Waals surface area contributed by atoms with Gasteiger partial charge < -0.3 is 0 Å². The Morgan fingerprint density at radius 2 is 1.47 bits per heavy atom. The Balaban J connectivity index is 2.28. The fourth-order valence-electron chi connectivity index (χ4n) is 1.90. The van der Waals surface area contributed by atoms with E-state index in [2.05, 4.69) is 56.8 Å². The number of hydrogen-bond acceptors (Lipinski definition) is 2. The summed E-state index contributed by atoms with van der Waals surface area (Å²) >= 11 is 2.35. The molecule has 0 aliphatic heterocycles. The van der Waals surface area contributed by atoms with Crippen molar-refractivity contribution in [3.63, 3.8) is 0 Å². The van der Waals surface area contributed by atoms with E-state index in [1.165, 1.54) is 14.7 Å². The average Bonchev–Trinajstić information content (AvgIpc) is 2.57. The molecule has 1 heterocycles. The molecule has 17 heavy (non-hydrogen) atoms. The first-order valence-electron chi connectivity index (χ1n) is 5.31. The van der Waals surface area contributed by atoms with Gasteiger partial charge in [-0.15, -0.1) is 0 Å². The van der Waals surface area contributed by atoms with E-state index in [9.17, 15) is 0 Å². The molecule has 0 bridgehead atoms. The van der Waals surface area contributed by atoms with Crippen molar-refractivity contribution in [3.05, 3.63) is 58.4 Å². The molecule has 0 radical (unpaired) electrons. The summed E-state index contributed by atoms with van der Waals surface area (Å²) < 4.78 is 1.23. The molecular weight excluding hydrogens is 323 g/mol. The number of hydrogen-bond donors (Lipinski definition) is 0. The Labute approximate surface area is 113 Å². The fraction of sp³-hybridized carbons (Fsp3) is 0. The van der Waals surface area contributed by atoms with Crippen LogP contribution in [0.3, 0.4) is 0 Å². The standard InChI is InChI=1S/C14H9IN2/c15-13-9-12(14-16-7-4-8-17-14)10-5-2-1-3-6-11(10)13/h1-9H. The van der Waals surface area contributed by atoms with Crippen molar-refractivity contribution in [3.8, 4) is 22.5 Å². The predicted molar refractivity (Wildman–Crippen MR) is 76.8 cm³/mol. The van der Waals surface area contributed by atoms with Gasteiger partial charge in [-0.1, -0.05) is 30.3 Å². The number of nitrogens with zero attached hydrogens (tertiary/aromatic N) is 2. The second-order valence-electron chi connectivity index (χ2n) is 3.72. The summed E-state index contributed by atoms with van der Waals surface area (Å²) in [5.41, 5.74) is 3.55. The van der Waals surface area contributed by atoms with Crippen LogP contribution in [0.5, 0.6) is 0 Å². The maximum Gasteiger partial charge on any atom is 0.159 e. The van der Waals surface area contributed by atoms with Crippen LogP contribution in [0.15, 0.2) is 54.9 Å². The Hall–Kier alpha value is -1.49. The topological polar surface area (TPSA) is 25.8 Å². The van der Waals surface area contributed by atoms with Gasteiger partial charge in [0.2, 0.25) is 0 Å². The average molecular weight is 332 g/mol. The summed E-state index contributed by atoms with van der Waals surface area (Å²) in [6.45, 7) is 0. The summed E-state index contributed by atoms with van der Waals surface area (Å²) in [4.78, 5) is 8.64. The SMILES string of the molecule is Ic1cc(-c2ncccn2)c2cccccc1-2. The second-order valence-corrected chi connectivity index (χ2v) is 4.88. The van der Waals surface area contributed by atoms with Crippen molar-refractivity contribution in [2.75, 3.05) is 0 Å². The molecule has 2 nitrogen and oxygen atoms in total. The highest BCUT2D eigenvalue weighted by Crippen LogP contribution is 2.37. The first-order valence-corrected chi connectivity index (χ1v) is 6.39. The molecule has 2 aliphatic rings. The van der Waals surface area contributed by atoms with E-state index < -0.39 is 0 Å². The van der Waals surface area contributed by atoms with Crippen molar-refractivity contribution in [2.24, 2.45) is 0 Å². The minimum atomic E-state index is 0.784. The summed E-state index contributed by atoms with van der Waals surface area (Å²) in [7, 11) is 0. The molecule has 82 valence electrons. The first-order chi connectivity index (χ1) is 8.36. The lowest BCUT2D eigenvalue weighted by atomic mass is 10.1. The highest BCUT2D eigenvalue weighted by Gasteiger charge is 2.15. The summed E-state index contributed by atoms with van der Waals surface area (Å²) in [6, 6.07) is 14.4. The van der Waals surface area contributed by atoms with E-state index >= 15 is 0 Å². The highest BCUT2D eigenvalue weighted by atomic mass is 127. The van der Waals surface area contributed by atoms with Gasteiger partial charge in [0.05, 0.1) is 0 Å². The molecule has 0 saturated carbocycles. The maximum atomic E-state index is 4.32. The van der Waals surface area contributed by atoms with E-state index in [-0.39, 0.29) is 0 Å². The molecule has 3 rings (SSSR count). The van der Waals surface area contributed by atoms with Crippen LogP contribution >= 0.6 is 22.6 Å². The van der Waals surface area contributed by atoms with Gasteiger partial charge in [-0.3, -0.25) is 0 Å². The smallest absolute Gasteiger partial charge is 0.159 e. The maximum absolute atomic E-state index is 4.32. The van der Waals surface area contributed by atoms with Gasteiger partial charge in [0, 0.05) is 21.5 Å². The van der Waals surface area contributed by atoms with Gasteiger partial charge in [-0.25, -0.2) is 9.97 Å². The Morgan fingerprint density at radius 3 is 2.24 bits per heavy atom. The third-order valence-electron chi connectivity index (χ3n) is 2.66. The van der Waals surface area contributed by atoms with Crippen LogP contribution in [-0.2, 0) is 0 Å². The quantitative estimate of drug-likeness (QED) is 0.633. The normalized spacial score (nSPS) is 10.6. The molecule has 3 heteroatoms. The molecule has 0 atom stereocenters. The molecule has 0 amide bonds. The van der Waals surface area contributed by atoms with Crippen molar-refractivity contribution in [2.45, 2.75) is 0 Å². The Kier molecular flexibility index (Phi) is 2.76. The number of aromatic nitrogens is 2. The molecule has 0 spiro atoms. The molecular formula is C14H9IN2. The van der Waals surface area contributed by atoms with Gasteiger partial charge >= 0.3 is 0 Å². The fourth-order valence-corrected chi connectivity index (χ4v) is 2.68. The lowest BCUT2D eigenvalue weighted by Crippen LogP contribution is -1.85. The second kappa shape index (κ2) is 4.41. The lowest BCUT2D eigenvalue weighted by Gasteiger charge is -1.99. The van der Waals surface area contributed by atoms with Crippen molar-refractivity contribution >= 4 is 22.6 Å². The van der Waals surface area contributed by atoms with Crippen LogP contribution in [-0.4, -0.2) is 9.97 Å². The van der Waals surface area contributed by atoms with Crippen LogP contribution in [0.4, 0.5) is 0 Å². The van der Waals surface area contributed by atoms with E-state index in [1.807, 2.05) is 18.2 Å². The van der Waals surface area contributed by atoms with Gasteiger partial charge in [0.1, 0.15) is 0 Å². The predicted octanol–water partition coefficient (Wildman–Crippen LogP) is 3.85. The number of fused-ring (bicyclic) bond motifs is 1. The summed E-state index contributed by atoms with van der Waals surface area (Å²) in [5, 5.41) is 0. The van der Waals surface area contributed by atoms with Crippen LogP contribution < -0.4 is 0 Å². The van der Waals surface area contributed by atoms with Crippen LogP contribution in [0.25, 0.3) is 22.5 Å². The van der Waals surface area contributed by atoms with E-state index in [4.69, 9.17) is 0 Å². The minimum Gasteiger partial charge on any atom is -0.237 e. The third kappa shape index (κ3) is 1.91. The molecule has 0 aromatic carbocycles. The summed E-state index contributed by atoms with van der Waals surface area (Å²) in [6.07, 6.45) is 3.55. The third-order valence-corrected chi connectivity index (χ3v) is 3.56. The summed E-state index contributed by atoms with van der Waals surface area (Å²) in [5.74, 6) is 0.784. The highest BCUT2D eigenvalue weighted by molar-refractivity contribution is 14.1. The zero-order valence-corrected chi connectivity index (χ0v) is 11.1. The molecule has 0 N–H and O–H groups in total. The Morgan fingerprint density at radius 1 is 0.765 bits per heavy atom. The zero-order valence-electron chi connectivity index (χ0n) is 8.97. The number of halogens is 1. The first kappa shape index (κ1) is 10.7. The molecule has 2 aliphatic carbocycles. The largest absolute Gasteiger partial charge is 0.237 e. The van der Waals surface area contributed by atoms with Gasteiger partial charge in [-0.05, 0) is 45.9 Å². The molecule has 0 unspecified atom stereocenters.